The van der Waals surface area contributed by atoms with Crippen molar-refractivity contribution < 1.29 is 0 Å². The van der Waals surface area contributed by atoms with Crippen LogP contribution in [0.2, 0.25) is 0 Å². The van der Waals surface area contributed by atoms with Gasteiger partial charge in [0, 0.05) is 0 Å². The van der Waals surface area contributed by atoms with Gasteiger partial charge in [-0.25, -0.2) is 0 Å². The summed E-state index contributed by atoms with van der Waals surface area (Å²) in [7, 11) is 0. The fourth-order valence-corrected chi connectivity index (χ4v) is 3.38. The highest BCUT2D eigenvalue weighted by Gasteiger charge is 2.20. The summed E-state index contributed by atoms with van der Waals surface area (Å²) in [4.78, 5) is 1.44. The van der Waals surface area contributed by atoms with Gasteiger partial charge in [-0.1, -0.05) is 12.2 Å². The van der Waals surface area contributed by atoms with Gasteiger partial charge in [0.1, 0.15) is 0 Å². The van der Waals surface area contributed by atoms with Crippen molar-refractivity contribution in [3.8, 4) is 0 Å². The Morgan fingerprint density at radius 3 is 3.20 bits per heavy atom. The molecule has 0 saturated carbocycles. The molecule has 0 aromatic carbocycles. The molecule has 0 bridgehead atoms. The van der Waals surface area contributed by atoms with Crippen molar-refractivity contribution in [2.75, 3.05) is 0 Å². The molecule has 2 heteroatoms. The minimum absolute atomic E-state index is 0.657. The van der Waals surface area contributed by atoms with Crippen LogP contribution in [0.15, 0.2) is 34.1 Å². The topological polar surface area (TPSA) is 0 Å². The Bertz CT molecular complexity index is 236. The van der Waals surface area contributed by atoms with Crippen LogP contribution in [-0.4, -0.2) is 4.58 Å². The maximum absolute atomic E-state index is 2.27. The van der Waals surface area contributed by atoms with Gasteiger partial charge in [0.25, 0.3) is 0 Å². The van der Waals surface area contributed by atoms with E-state index in [0.717, 1.165) is 0 Å². The molecule has 1 atom stereocenters. The molecule has 2 aliphatic heterocycles. The number of rotatable bonds is 0. The molecule has 0 aromatic rings. The smallest absolute Gasteiger partial charge is 0.0836 e. The lowest BCUT2D eigenvalue weighted by atomic mass is 10.2. The van der Waals surface area contributed by atoms with Crippen molar-refractivity contribution in [3.63, 3.8) is 0 Å². The summed E-state index contributed by atoms with van der Waals surface area (Å²) in [5.74, 6) is 0. The van der Waals surface area contributed by atoms with Crippen LogP contribution in [0.3, 0.4) is 0 Å². The first-order valence-electron chi connectivity index (χ1n) is 3.23. The van der Waals surface area contributed by atoms with Crippen molar-refractivity contribution >= 4 is 23.5 Å². The molecule has 2 aliphatic rings. The Balaban J connectivity index is 2.31. The van der Waals surface area contributed by atoms with Gasteiger partial charge in [-0.3, -0.25) is 0 Å². The Labute approximate surface area is 69.5 Å². The molecular formula is C8H8S2. The summed E-state index contributed by atoms with van der Waals surface area (Å²) >= 11 is 3.85. The summed E-state index contributed by atoms with van der Waals surface area (Å²) in [6.07, 6.45) is 6.59. The van der Waals surface area contributed by atoms with E-state index in [4.69, 9.17) is 0 Å². The Morgan fingerprint density at radius 2 is 2.40 bits per heavy atom. The molecule has 2 heterocycles. The molecule has 2 rings (SSSR count). The molecular weight excluding hydrogens is 160 g/mol. The van der Waals surface area contributed by atoms with Gasteiger partial charge in [-0.15, -0.1) is 23.5 Å². The normalized spacial score (nSPS) is 29.5. The summed E-state index contributed by atoms with van der Waals surface area (Å²) < 4.78 is 0.657. The molecule has 1 unspecified atom stereocenters. The van der Waals surface area contributed by atoms with Crippen LogP contribution in [0.5, 0.6) is 0 Å². The first kappa shape index (κ1) is 6.62. The van der Waals surface area contributed by atoms with E-state index in [9.17, 15) is 0 Å². The summed E-state index contributed by atoms with van der Waals surface area (Å²) in [5, 5.41) is 2.16. The van der Waals surface area contributed by atoms with Crippen molar-refractivity contribution in [3.05, 3.63) is 34.1 Å². The SMILES string of the molecule is CC1=CC2=CC=CSC2S1. The second-order valence-corrected chi connectivity index (χ2v) is 5.00. The van der Waals surface area contributed by atoms with Gasteiger partial charge in [0.05, 0.1) is 4.58 Å². The fourth-order valence-electron chi connectivity index (χ4n) is 1.07. The molecule has 0 spiro atoms. The number of hydrogen-bond donors (Lipinski definition) is 0. The van der Waals surface area contributed by atoms with Gasteiger partial charge >= 0.3 is 0 Å². The molecule has 0 saturated heterocycles. The second-order valence-electron chi connectivity index (χ2n) is 2.34. The Kier molecular flexibility index (Phi) is 1.66. The maximum atomic E-state index is 2.27. The Hall–Kier alpha value is -0.0800. The minimum atomic E-state index is 0.657. The Morgan fingerprint density at radius 1 is 1.50 bits per heavy atom. The first-order chi connectivity index (χ1) is 4.86. The third kappa shape index (κ3) is 1.06. The van der Waals surface area contributed by atoms with Gasteiger partial charge < -0.3 is 0 Å². The van der Waals surface area contributed by atoms with Crippen LogP contribution in [-0.2, 0) is 0 Å². The van der Waals surface area contributed by atoms with E-state index >= 15 is 0 Å². The van der Waals surface area contributed by atoms with Crippen molar-refractivity contribution in [2.24, 2.45) is 0 Å². The highest BCUT2D eigenvalue weighted by molar-refractivity contribution is 8.20. The van der Waals surface area contributed by atoms with Gasteiger partial charge in [0.2, 0.25) is 0 Å². The van der Waals surface area contributed by atoms with Crippen molar-refractivity contribution in [1.29, 1.82) is 0 Å². The molecule has 0 aliphatic carbocycles. The predicted octanol–water partition coefficient (Wildman–Crippen LogP) is 3.15. The third-order valence-electron chi connectivity index (χ3n) is 1.50. The highest BCUT2D eigenvalue weighted by atomic mass is 32.2. The lowest BCUT2D eigenvalue weighted by Gasteiger charge is -2.10. The molecule has 52 valence electrons. The van der Waals surface area contributed by atoms with E-state index in [2.05, 4.69) is 30.6 Å². The molecule has 0 amide bonds. The van der Waals surface area contributed by atoms with E-state index in [0.29, 0.717) is 4.58 Å². The molecule has 0 aromatic heterocycles. The van der Waals surface area contributed by atoms with Crippen LogP contribution >= 0.6 is 23.5 Å². The summed E-state index contributed by atoms with van der Waals surface area (Å²) in [5.41, 5.74) is 1.47. The molecule has 0 fully saturated rings. The average molecular weight is 168 g/mol. The molecule has 0 N–H and O–H groups in total. The average Bonchev–Trinajstić information content (AvgIpc) is 2.27. The lowest BCUT2D eigenvalue weighted by molar-refractivity contribution is 1.49. The number of thioether (sulfide) groups is 2. The van der Waals surface area contributed by atoms with Crippen molar-refractivity contribution in [2.45, 2.75) is 11.5 Å². The second kappa shape index (κ2) is 2.51. The van der Waals surface area contributed by atoms with Crippen LogP contribution < -0.4 is 0 Å². The van der Waals surface area contributed by atoms with Crippen LogP contribution in [0.4, 0.5) is 0 Å². The highest BCUT2D eigenvalue weighted by Crippen LogP contribution is 2.44. The van der Waals surface area contributed by atoms with E-state index < -0.39 is 0 Å². The van der Waals surface area contributed by atoms with E-state index in [-0.39, 0.29) is 0 Å². The summed E-state index contributed by atoms with van der Waals surface area (Å²) in [6.45, 7) is 2.17. The van der Waals surface area contributed by atoms with Crippen LogP contribution in [0.1, 0.15) is 6.92 Å². The summed E-state index contributed by atoms with van der Waals surface area (Å²) in [6, 6.07) is 0. The number of hydrogen-bond acceptors (Lipinski definition) is 2. The van der Waals surface area contributed by atoms with Gasteiger partial charge in [0.15, 0.2) is 0 Å². The van der Waals surface area contributed by atoms with E-state index in [1.165, 1.54) is 10.5 Å². The number of allylic oxidation sites excluding steroid dienone is 4. The van der Waals surface area contributed by atoms with Gasteiger partial charge in [-0.2, -0.15) is 0 Å². The van der Waals surface area contributed by atoms with Crippen LogP contribution in [0.25, 0.3) is 0 Å². The molecule has 10 heavy (non-hydrogen) atoms. The van der Waals surface area contributed by atoms with E-state index in [1.54, 1.807) is 0 Å². The number of fused-ring (bicyclic) bond motifs is 1. The first-order valence-corrected chi connectivity index (χ1v) is 5.06. The third-order valence-corrected chi connectivity index (χ3v) is 3.94. The fraction of sp³-hybridized carbons (Fsp3) is 0.250. The zero-order valence-corrected chi connectivity index (χ0v) is 7.34. The molecule has 0 radical (unpaired) electrons. The largest absolute Gasteiger partial charge is 0.114 e. The lowest BCUT2D eigenvalue weighted by Crippen LogP contribution is -1.94. The minimum Gasteiger partial charge on any atom is -0.114 e. The van der Waals surface area contributed by atoms with Crippen LogP contribution in [0, 0.1) is 0 Å². The zero-order valence-electron chi connectivity index (χ0n) is 5.70. The van der Waals surface area contributed by atoms with Gasteiger partial charge in [-0.05, 0) is 28.9 Å². The van der Waals surface area contributed by atoms with Crippen molar-refractivity contribution in [1.82, 2.24) is 0 Å². The monoisotopic (exact) mass is 168 g/mol. The van der Waals surface area contributed by atoms with E-state index in [1.807, 2.05) is 23.5 Å². The molecule has 0 nitrogen and oxygen atoms in total. The maximum Gasteiger partial charge on any atom is 0.0836 e. The zero-order chi connectivity index (χ0) is 6.97. The predicted molar refractivity (Wildman–Crippen MR) is 50.0 cm³/mol. The quantitative estimate of drug-likeness (QED) is 0.545. The standard InChI is InChI=1S/C8H8S2/c1-6-5-7-3-2-4-9-8(7)10-6/h2-5,8H,1H3.